The summed E-state index contributed by atoms with van der Waals surface area (Å²) in [4.78, 5) is 15.3. The van der Waals surface area contributed by atoms with Gasteiger partial charge in [-0.3, -0.25) is 4.79 Å². The van der Waals surface area contributed by atoms with Crippen LogP contribution < -0.4 is 5.32 Å². The van der Waals surface area contributed by atoms with Gasteiger partial charge in [-0.15, -0.1) is 24.2 Å². The molecule has 1 aromatic carbocycles. The maximum atomic E-state index is 12.2. The van der Waals surface area contributed by atoms with Crippen LogP contribution >= 0.6 is 35.8 Å². The Bertz CT molecular complexity index is 457. The van der Waals surface area contributed by atoms with Gasteiger partial charge in [-0.05, 0) is 36.1 Å². The monoisotopic (exact) mass is 332 g/mol. The first kappa shape index (κ1) is 16.0. The molecule has 2 saturated heterocycles. The molecule has 0 unspecified atom stereocenters. The first-order valence-corrected chi connectivity index (χ1v) is 7.95. The number of rotatable bonds is 3. The van der Waals surface area contributed by atoms with Gasteiger partial charge in [0.2, 0.25) is 5.91 Å². The fourth-order valence-corrected chi connectivity index (χ4v) is 3.75. The average Bonchev–Trinajstić information content (AvgIpc) is 2.98. The minimum atomic E-state index is 0. The van der Waals surface area contributed by atoms with E-state index in [0.717, 1.165) is 36.1 Å². The lowest BCUT2D eigenvalue weighted by atomic mass is 10.0. The van der Waals surface area contributed by atoms with E-state index in [9.17, 15) is 4.79 Å². The summed E-state index contributed by atoms with van der Waals surface area (Å²) in [6.45, 7) is 3.99. The molecule has 2 atom stereocenters. The Balaban J connectivity index is 0.00000147. The fraction of sp³-hybridized carbons (Fsp3) is 0.500. The Morgan fingerprint density at radius 1 is 1.25 bits per heavy atom. The number of benzene rings is 1. The van der Waals surface area contributed by atoms with E-state index in [2.05, 4.69) is 5.32 Å². The van der Waals surface area contributed by atoms with Crippen LogP contribution in [0.2, 0.25) is 5.02 Å². The van der Waals surface area contributed by atoms with Crippen molar-refractivity contribution in [2.45, 2.75) is 4.90 Å². The van der Waals surface area contributed by atoms with Gasteiger partial charge in [0.05, 0.1) is 5.75 Å². The molecule has 20 heavy (non-hydrogen) atoms. The van der Waals surface area contributed by atoms with E-state index in [1.54, 1.807) is 11.8 Å². The van der Waals surface area contributed by atoms with Crippen molar-refractivity contribution >= 4 is 41.7 Å². The lowest BCUT2D eigenvalue weighted by Gasteiger charge is -2.17. The maximum Gasteiger partial charge on any atom is 0.232 e. The Morgan fingerprint density at radius 3 is 2.45 bits per heavy atom. The second-order valence-corrected chi connectivity index (χ2v) is 6.70. The highest BCUT2D eigenvalue weighted by Gasteiger charge is 2.37. The molecule has 2 heterocycles. The molecule has 0 spiro atoms. The van der Waals surface area contributed by atoms with Crippen LogP contribution in [0.25, 0.3) is 0 Å². The fourth-order valence-electron chi connectivity index (χ4n) is 2.83. The minimum absolute atomic E-state index is 0. The summed E-state index contributed by atoms with van der Waals surface area (Å²) in [5, 5.41) is 4.12. The van der Waals surface area contributed by atoms with Gasteiger partial charge in [0.25, 0.3) is 0 Å². The lowest BCUT2D eigenvalue weighted by Crippen LogP contribution is -2.33. The van der Waals surface area contributed by atoms with Crippen molar-refractivity contribution < 1.29 is 4.79 Å². The summed E-state index contributed by atoms with van der Waals surface area (Å²) in [5.41, 5.74) is 0. The lowest BCUT2D eigenvalue weighted by molar-refractivity contribution is -0.127. The molecule has 0 saturated carbocycles. The second kappa shape index (κ2) is 7.03. The molecular formula is C14H18Cl2N2OS. The van der Waals surface area contributed by atoms with E-state index < -0.39 is 0 Å². The van der Waals surface area contributed by atoms with Crippen molar-refractivity contribution in [2.24, 2.45) is 11.8 Å². The summed E-state index contributed by atoms with van der Waals surface area (Å²) < 4.78 is 0. The van der Waals surface area contributed by atoms with Crippen LogP contribution in [0.1, 0.15) is 0 Å². The van der Waals surface area contributed by atoms with Gasteiger partial charge >= 0.3 is 0 Å². The summed E-state index contributed by atoms with van der Waals surface area (Å²) in [5.74, 6) is 2.12. The van der Waals surface area contributed by atoms with E-state index >= 15 is 0 Å². The number of nitrogens with zero attached hydrogens (tertiary/aromatic N) is 1. The number of amides is 1. The van der Waals surface area contributed by atoms with E-state index in [-0.39, 0.29) is 18.3 Å². The molecule has 3 nitrogen and oxygen atoms in total. The van der Waals surface area contributed by atoms with E-state index in [0.29, 0.717) is 17.6 Å². The number of halogens is 2. The van der Waals surface area contributed by atoms with Gasteiger partial charge in [-0.25, -0.2) is 0 Å². The van der Waals surface area contributed by atoms with Gasteiger partial charge in [0.1, 0.15) is 0 Å². The van der Waals surface area contributed by atoms with Crippen molar-refractivity contribution in [1.29, 1.82) is 0 Å². The molecule has 3 rings (SSSR count). The Labute approximate surface area is 134 Å². The molecule has 1 aromatic rings. The standard InChI is InChI=1S/C14H17ClN2OS.ClH/c15-12-1-3-13(4-2-12)19-9-14(18)17-7-10-5-16-6-11(10)8-17;/h1-4,10-11,16H,5-9H2;1H/t10-,11+;. The van der Waals surface area contributed by atoms with Crippen molar-refractivity contribution in [3.63, 3.8) is 0 Å². The molecule has 1 N–H and O–H groups in total. The van der Waals surface area contributed by atoms with Gasteiger partial charge in [-0.1, -0.05) is 11.6 Å². The van der Waals surface area contributed by atoms with Gasteiger partial charge in [-0.2, -0.15) is 0 Å². The topological polar surface area (TPSA) is 32.3 Å². The Morgan fingerprint density at radius 2 is 1.85 bits per heavy atom. The highest BCUT2D eigenvalue weighted by Crippen LogP contribution is 2.27. The predicted octanol–water partition coefficient (Wildman–Crippen LogP) is 2.53. The molecule has 1 amide bonds. The van der Waals surface area contributed by atoms with Gasteiger partial charge in [0, 0.05) is 36.1 Å². The summed E-state index contributed by atoms with van der Waals surface area (Å²) in [6, 6.07) is 7.65. The number of nitrogens with one attached hydrogen (secondary N) is 1. The normalized spacial score (nSPS) is 24.4. The quantitative estimate of drug-likeness (QED) is 0.863. The molecule has 110 valence electrons. The van der Waals surface area contributed by atoms with Crippen LogP contribution in [0, 0.1) is 11.8 Å². The number of carbonyl (C=O) groups excluding carboxylic acids is 1. The van der Waals surface area contributed by atoms with Crippen LogP contribution in [-0.2, 0) is 4.79 Å². The van der Waals surface area contributed by atoms with Gasteiger partial charge in [0.15, 0.2) is 0 Å². The third-order valence-electron chi connectivity index (χ3n) is 3.92. The number of likely N-dealkylation sites (tertiary alicyclic amines) is 1. The van der Waals surface area contributed by atoms with Crippen LogP contribution in [0.15, 0.2) is 29.2 Å². The number of hydrogen-bond acceptors (Lipinski definition) is 3. The Hall–Kier alpha value is -0.420. The van der Waals surface area contributed by atoms with E-state index in [4.69, 9.17) is 11.6 Å². The molecule has 0 radical (unpaired) electrons. The minimum Gasteiger partial charge on any atom is -0.341 e. The summed E-state index contributed by atoms with van der Waals surface area (Å²) in [6.07, 6.45) is 0. The van der Waals surface area contributed by atoms with E-state index in [1.807, 2.05) is 29.2 Å². The smallest absolute Gasteiger partial charge is 0.232 e. The summed E-state index contributed by atoms with van der Waals surface area (Å²) in [7, 11) is 0. The Kier molecular flexibility index (Phi) is 5.61. The number of thioether (sulfide) groups is 1. The first-order chi connectivity index (χ1) is 9.22. The zero-order valence-electron chi connectivity index (χ0n) is 11.0. The SMILES string of the molecule is Cl.O=C(CSc1ccc(Cl)cc1)N1C[C@H]2CNC[C@H]2C1. The zero-order chi connectivity index (χ0) is 13.2. The van der Waals surface area contributed by atoms with Gasteiger partial charge < -0.3 is 10.2 Å². The third kappa shape index (κ3) is 3.61. The molecule has 6 heteroatoms. The molecule has 0 bridgehead atoms. The zero-order valence-corrected chi connectivity index (χ0v) is 13.4. The van der Waals surface area contributed by atoms with Crippen molar-refractivity contribution in [2.75, 3.05) is 31.9 Å². The van der Waals surface area contributed by atoms with E-state index in [1.165, 1.54) is 0 Å². The number of carbonyl (C=O) groups is 1. The van der Waals surface area contributed by atoms with Crippen LogP contribution in [0.4, 0.5) is 0 Å². The van der Waals surface area contributed by atoms with Crippen LogP contribution in [0.5, 0.6) is 0 Å². The highest BCUT2D eigenvalue weighted by molar-refractivity contribution is 8.00. The van der Waals surface area contributed by atoms with Crippen LogP contribution in [-0.4, -0.2) is 42.7 Å². The predicted molar refractivity (Wildman–Crippen MR) is 85.9 cm³/mol. The number of fused-ring (bicyclic) bond motifs is 1. The van der Waals surface area contributed by atoms with Crippen molar-refractivity contribution in [3.8, 4) is 0 Å². The highest BCUT2D eigenvalue weighted by atomic mass is 35.5. The molecular weight excluding hydrogens is 315 g/mol. The molecule has 2 fully saturated rings. The largest absolute Gasteiger partial charge is 0.341 e. The molecule has 0 aliphatic carbocycles. The molecule has 0 aromatic heterocycles. The first-order valence-electron chi connectivity index (χ1n) is 6.59. The third-order valence-corrected chi connectivity index (χ3v) is 5.17. The number of hydrogen-bond donors (Lipinski definition) is 1. The second-order valence-electron chi connectivity index (χ2n) is 5.22. The maximum absolute atomic E-state index is 12.2. The summed E-state index contributed by atoms with van der Waals surface area (Å²) >= 11 is 7.43. The van der Waals surface area contributed by atoms with Crippen LogP contribution in [0.3, 0.4) is 0 Å². The average molecular weight is 333 g/mol. The molecule has 2 aliphatic rings. The van der Waals surface area contributed by atoms with Crippen molar-refractivity contribution in [1.82, 2.24) is 10.2 Å². The van der Waals surface area contributed by atoms with Crippen molar-refractivity contribution in [3.05, 3.63) is 29.3 Å². The molecule has 2 aliphatic heterocycles.